The zero-order valence-corrected chi connectivity index (χ0v) is 12.5. The van der Waals surface area contributed by atoms with E-state index in [4.69, 9.17) is 4.74 Å². The second kappa shape index (κ2) is 4.56. The molecule has 0 unspecified atom stereocenters. The molecule has 0 atom stereocenters. The number of ether oxygens (including phenoxy) is 1. The predicted molar refractivity (Wildman–Crippen MR) is 88.4 cm³/mol. The molecule has 1 amide bonds. The van der Waals surface area contributed by atoms with E-state index in [2.05, 4.69) is 29.2 Å². The number of pyridine rings is 1. The summed E-state index contributed by atoms with van der Waals surface area (Å²) in [4.78, 5) is 18.0. The van der Waals surface area contributed by atoms with Crippen molar-refractivity contribution in [2.24, 2.45) is 0 Å². The number of anilines is 1. The van der Waals surface area contributed by atoms with Crippen molar-refractivity contribution in [3.8, 4) is 11.1 Å². The van der Waals surface area contributed by atoms with E-state index >= 15 is 0 Å². The van der Waals surface area contributed by atoms with Gasteiger partial charge in [0.05, 0.1) is 5.69 Å². The molecule has 4 nitrogen and oxygen atoms in total. The molecule has 3 heterocycles. The van der Waals surface area contributed by atoms with E-state index in [1.54, 1.807) is 4.90 Å². The largest absolute Gasteiger partial charge is 0.444 e. The summed E-state index contributed by atoms with van der Waals surface area (Å²) in [5, 5.41) is 2.32. The fourth-order valence-electron chi connectivity index (χ4n) is 3.65. The second-order valence-electron chi connectivity index (χ2n) is 6.01. The lowest BCUT2D eigenvalue weighted by atomic mass is 9.95. The van der Waals surface area contributed by atoms with E-state index < -0.39 is 0 Å². The topological polar surface area (TPSA) is 42.4 Å². The first-order valence-corrected chi connectivity index (χ1v) is 7.74. The maximum Gasteiger partial charge on any atom is 0.414 e. The standard InChI is InChI=1S/C19H14N2O2/c22-19-21-6-5-12-7-14(8-15(11-23-19)18(12)21)17-10-20-9-13-3-1-2-4-16(13)17/h1-4,7-10H,5-6,11H2. The Hall–Kier alpha value is -2.88. The van der Waals surface area contributed by atoms with E-state index in [-0.39, 0.29) is 6.09 Å². The highest BCUT2D eigenvalue weighted by Gasteiger charge is 2.33. The third-order valence-corrected chi connectivity index (χ3v) is 4.69. The number of nitrogens with zero attached hydrogens (tertiary/aromatic N) is 2. The van der Waals surface area contributed by atoms with Crippen LogP contribution in [0, 0.1) is 0 Å². The molecule has 0 saturated carbocycles. The maximum atomic E-state index is 11.8. The first-order valence-electron chi connectivity index (χ1n) is 7.74. The summed E-state index contributed by atoms with van der Waals surface area (Å²) in [7, 11) is 0. The summed E-state index contributed by atoms with van der Waals surface area (Å²) in [6, 6.07) is 12.6. The van der Waals surface area contributed by atoms with Gasteiger partial charge in [0.15, 0.2) is 0 Å². The SMILES string of the molecule is O=C1OCc2cc(-c3cncc4ccccc34)cc3c2N1CC3. The van der Waals surface area contributed by atoms with Crippen LogP contribution in [0.4, 0.5) is 10.5 Å². The molecule has 0 radical (unpaired) electrons. The number of hydrogen-bond acceptors (Lipinski definition) is 3. The average molecular weight is 302 g/mol. The molecule has 0 fully saturated rings. The zero-order chi connectivity index (χ0) is 15.4. The fraction of sp³-hybridized carbons (Fsp3) is 0.158. The quantitative estimate of drug-likeness (QED) is 0.684. The monoisotopic (exact) mass is 302 g/mol. The summed E-state index contributed by atoms with van der Waals surface area (Å²) >= 11 is 0. The zero-order valence-electron chi connectivity index (χ0n) is 12.5. The van der Waals surface area contributed by atoms with Crippen LogP contribution in [0.2, 0.25) is 0 Å². The van der Waals surface area contributed by atoms with E-state index in [0.717, 1.165) is 34.2 Å². The summed E-state index contributed by atoms with van der Waals surface area (Å²) < 4.78 is 5.29. The van der Waals surface area contributed by atoms with Gasteiger partial charge in [-0.2, -0.15) is 0 Å². The molecule has 23 heavy (non-hydrogen) atoms. The number of carbonyl (C=O) groups excluding carboxylic acids is 1. The fourth-order valence-corrected chi connectivity index (χ4v) is 3.65. The lowest BCUT2D eigenvalue weighted by Crippen LogP contribution is -2.33. The summed E-state index contributed by atoms with van der Waals surface area (Å²) in [5.41, 5.74) is 5.63. The highest BCUT2D eigenvalue weighted by Crippen LogP contribution is 2.40. The highest BCUT2D eigenvalue weighted by molar-refractivity contribution is 5.98. The molecule has 1 aromatic heterocycles. The minimum atomic E-state index is -0.226. The molecule has 0 N–H and O–H groups in total. The number of aromatic nitrogens is 1. The normalized spacial score (nSPS) is 15.7. The molecule has 0 saturated heterocycles. The van der Waals surface area contributed by atoms with Crippen molar-refractivity contribution in [2.45, 2.75) is 13.0 Å². The smallest absolute Gasteiger partial charge is 0.414 e. The minimum absolute atomic E-state index is 0.226. The number of carbonyl (C=O) groups is 1. The minimum Gasteiger partial charge on any atom is -0.444 e. The molecule has 0 aliphatic carbocycles. The number of cyclic esters (lactones) is 1. The number of fused-ring (bicyclic) bond motifs is 1. The van der Waals surface area contributed by atoms with Crippen LogP contribution in [0.15, 0.2) is 48.8 Å². The molecule has 112 valence electrons. The predicted octanol–water partition coefficient (Wildman–Crippen LogP) is 3.91. The van der Waals surface area contributed by atoms with Crippen molar-refractivity contribution in [2.75, 3.05) is 11.4 Å². The van der Waals surface area contributed by atoms with Gasteiger partial charge in [0.25, 0.3) is 0 Å². The molecule has 5 rings (SSSR count). The third-order valence-electron chi connectivity index (χ3n) is 4.69. The number of amides is 1. The second-order valence-corrected chi connectivity index (χ2v) is 6.01. The van der Waals surface area contributed by atoms with Crippen molar-refractivity contribution in [1.29, 1.82) is 0 Å². The van der Waals surface area contributed by atoms with Crippen LogP contribution in [0.25, 0.3) is 21.9 Å². The molecular formula is C19H14N2O2. The molecule has 2 aromatic carbocycles. The van der Waals surface area contributed by atoms with Gasteiger partial charge in [0.1, 0.15) is 6.61 Å². The van der Waals surface area contributed by atoms with E-state index in [0.29, 0.717) is 13.2 Å². The Morgan fingerprint density at radius 3 is 2.91 bits per heavy atom. The van der Waals surface area contributed by atoms with Crippen molar-refractivity contribution in [1.82, 2.24) is 4.98 Å². The first-order chi connectivity index (χ1) is 11.3. The molecule has 2 aliphatic rings. The van der Waals surface area contributed by atoms with Crippen LogP contribution in [-0.2, 0) is 17.8 Å². The lowest BCUT2D eigenvalue weighted by molar-refractivity contribution is 0.143. The molecule has 2 aliphatic heterocycles. The van der Waals surface area contributed by atoms with Gasteiger partial charge in [-0.3, -0.25) is 9.88 Å². The van der Waals surface area contributed by atoms with Crippen molar-refractivity contribution >= 4 is 22.6 Å². The van der Waals surface area contributed by atoms with Crippen LogP contribution < -0.4 is 4.90 Å². The lowest BCUT2D eigenvalue weighted by Gasteiger charge is -2.25. The Morgan fingerprint density at radius 2 is 1.96 bits per heavy atom. The first kappa shape index (κ1) is 12.6. The molecular weight excluding hydrogens is 288 g/mol. The van der Waals surface area contributed by atoms with Crippen molar-refractivity contribution in [3.05, 3.63) is 59.9 Å². The van der Waals surface area contributed by atoms with Gasteiger partial charge in [-0.1, -0.05) is 24.3 Å². The van der Waals surface area contributed by atoms with Crippen LogP contribution in [0.5, 0.6) is 0 Å². The van der Waals surface area contributed by atoms with Crippen LogP contribution in [-0.4, -0.2) is 17.6 Å². The van der Waals surface area contributed by atoms with Gasteiger partial charge in [-0.25, -0.2) is 4.79 Å². The van der Waals surface area contributed by atoms with Gasteiger partial charge in [0.2, 0.25) is 0 Å². The Bertz CT molecular complexity index is 959. The molecule has 0 bridgehead atoms. The number of rotatable bonds is 1. The van der Waals surface area contributed by atoms with Crippen LogP contribution in [0.1, 0.15) is 11.1 Å². The Labute approximate surface area is 133 Å². The highest BCUT2D eigenvalue weighted by atomic mass is 16.6. The summed E-state index contributed by atoms with van der Waals surface area (Å²) in [5.74, 6) is 0. The molecule has 3 aromatic rings. The van der Waals surface area contributed by atoms with Gasteiger partial charge in [-0.05, 0) is 35.1 Å². The maximum absolute atomic E-state index is 11.8. The van der Waals surface area contributed by atoms with Gasteiger partial charge >= 0.3 is 6.09 Å². The van der Waals surface area contributed by atoms with E-state index in [9.17, 15) is 4.79 Å². The van der Waals surface area contributed by atoms with Crippen LogP contribution >= 0.6 is 0 Å². The number of benzene rings is 2. The van der Waals surface area contributed by atoms with Crippen molar-refractivity contribution < 1.29 is 9.53 Å². The van der Waals surface area contributed by atoms with E-state index in [1.165, 1.54) is 10.9 Å². The van der Waals surface area contributed by atoms with Gasteiger partial charge in [-0.15, -0.1) is 0 Å². The van der Waals surface area contributed by atoms with E-state index in [1.807, 2.05) is 24.5 Å². The Balaban J connectivity index is 1.75. The Kier molecular flexibility index (Phi) is 2.50. The van der Waals surface area contributed by atoms with Gasteiger partial charge < -0.3 is 4.74 Å². The average Bonchev–Trinajstić information content (AvgIpc) is 3.03. The number of hydrogen-bond donors (Lipinski definition) is 0. The van der Waals surface area contributed by atoms with Gasteiger partial charge in [0, 0.05) is 35.5 Å². The molecule has 4 heteroatoms. The molecule has 0 spiro atoms. The van der Waals surface area contributed by atoms with Crippen molar-refractivity contribution in [3.63, 3.8) is 0 Å². The Morgan fingerprint density at radius 1 is 1.09 bits per heavy atom. The third kappa shape index (κ3) is 1.78. The van der Waals surface area contributed by atoms with Crippen LogP contribution in [0.3, 0.4) is 0 Å². The summed E-state index contributed by atoms with van der Waals surface area (Å²) in [6.07, 6.45) is 4.46. The summed E-state index contributed by atoms with van der Waals surface area (Å²) in [6.45, 7) is 1.06.